The molecule has 0 amide bonds. The van der Waals surface area contributed by atoms with Crippen LogP contribution in [0.3, 0.4) is 0 Å². The van der Waals surface area contributed by atoms with E-state index >= 15 is 0 Å². The summed E-state index contributed by atoms with van der Waals surface area (Å²) >= 11 is 0. The highest BCUT2D eigenvalue weighted by Crippen LogP contribution is 2.38. The molecule has 0 fully saturated rings. The zero-order chi connectivity index (χ0) is 35.5. The number of hydrogen-bond acceptors (Lipinski definition) is 3. The lowest BCUT2D eigenvalue weighted by Gasteiger charge is -2.16. The summed E-state index contributed by atoms with van der Waals surface area (Å²) in [5, 5.41) is 4.28. The van der Waals surface area contributed by atoms with E-state index in [1.165, 1.54) is 0 Å². The van der Waals surface area contributed by atoms with Crippen molar-refractivity contribution in [3.63, 3.8) is 0 Å². The molecule has 4 heteroatoms. The quantitative estimate of drug-likeness (QED) is 0.196. The van der Waals surface area contributed by atoms with Crippen LogP contribution in [0.5, 0.6) is 0 Å². The molecule has 0 unspecified atom stereocenters. The fraction of sp³-hybridized carbons (Fsp3) is 0. The number of hydrogen-bond donors (Lipinski definition) is 0. The van der Waals surface area contributed by atoms with Crippen molar-refractivity contribution >= 4 is 32.6 Å². The molecule has 47 heavy (non-hydrogen) atoms. The number of para-hydroxylation sites is 2. The molecule has 0 N–H and O–H groups in total. The van der Waals surface area contributed by atoms with E-state index < -0.39 is 6.04 Å². The minimum atomic E-state index is -0.433. The van der Waals surface area contributed by atoms with Crippen molar-refractivity contribution in [3.05, 3.63) is 170 Å². The molecule has 0 saturated heterocycles. The molecule has 9 rings (SSSR count). The molecule has 0 aliphatic rings. The third-order valence-corrected chi connectivity index (χ3v) is 8.52. The number of fused-ring (bicyclic) bond motifs is 4. The van der Waals surface area contributed by atoms with E-state index in [0.29, 0.717) is 34.3 Å². The zero-order valence-electron chi connectivity index (χ0n) is 30.1. The Bertz CT molecular complexity index is 2790. The number of rotatable bonds is 5. The Morgan fingerprint density at radius 2 is 1.02 bits per heavy atom. The van der Waals surface area contributed by atoms with Crippen LogP contribution in [0.4, 0.5) is 0 Å². The van der Waals surface area contributed by atoms with Gasteiger partial charge in [0.1, 0.15) is 0 Å². The van der Waals surface area contributed by atoms with Crippen LogP contribution >= 0.6 is 0 Å². The summed E-state index contributed by atoms with van der Waals surface area (Å²) in [6.07, 6.45) is 0. The first kappa shape index (κ1) is 22.2. The van der Waals surface area contributed by atoms with E-state index in [4.69, 9.17) is 21.8 Å². The summed E-state index contributed by atoms with van der Waals surface area (Å²) in [6, 6.07) is 44.2. The lowest BCUT2D eigenvalue weighted by atomic mass is 10.0. The molecular formula is C43H28N4. The van der Waals surface area contributed by atoms with Gasteiger partial charge in [-0.1, -0.05) is 139 Å². The van der Waals surface area contributed by atoms with Gasteiger partial charge in [-0.05, 0) is 52.2 Å². The van der Waals surface area contributed by atoms with Gasteiger partial charge in [-0.15, -0.1) is 0 Å². The fourth-order valence-electron chi connectivity index (χ4n) is 6.31. The second-order valence-corrected chi connectivity index (χ2v) is 11.3. The standard InChI is InChI=1S/C43H28N4/c1-3-13-29(14-4-1)33-25-26-37(40(28-33)47-38-21-11-9-19-35(38)36-20-10-12-22-39(36)47)43-45-41(31-16-5-2-6-17-31)44-42(46-43)34-24-23-30-15-7-8-18-32(30)27-34/h1-28H/i1D,3D,4D,13D,14D. The number of benzene rings is 7. The first-order valence-electron chi connectivity index (χ1n) is 17.9. The van der Waals surface area contributed by atoms with Gasteiger partial charge in [-0.2, -0.15) is 0 Å². The lowest BCUT2D eigenvalue weighted by Crippen LogP contribution is -2.04. The molecular weight excluding hydrogens is 573 g/mol. The van der Waals surface area contributed by atoms with Crippen molar-refractivity contribution in [2.75, 3.05) is 0 Å². The van der Waals surface area contributed by atoms with Gasteiger partial charge in [-0.3, -0.25) is 0 Å². The first-order valence-corrected chi connectivity index (χ1v) is 15.4. The molecule has 4 nitrogen and oxygen atoms in total. The molecule has 2 aromatic heterocycles. The third-order valence-electron chi connectivity index (χ3n) is 8.52. The minimum Gasteiger partial charge on any atom is -0.308 e. The van der Waals surface area contributed by atoms with Crippen molar-refractivity contribution in [1.82, 2.24) is 19.5 Å². The second-order valence-electron chi connectivity index (χ2n) is 11.3. The van der Waals surface area contributed by atoms with Crippen molar-refractivity contribution in [2.45, 2.75) is 0 Å². The highest BCUT2D eigenvalue weighted by molar-refractivity contribution is 6.09. The van der Waals surface area contributed by atoms with Gasteiger partial charge in [-0.25, -0.2) is 15.0 Å². The smallest absolute Gasteiger partial charge is 0.166 e. The fourth-order valence-corrected chi connectivity index (χ4v) is 6.31. The normalized spacial score (nSPS) is 12.9. The van der Waals surface area contributed by atoms with Crippen LogP contribution in [-0.2, 0) is 0 Å². The van der Waals surface area contributed by atoms with Crippen LogP contribution in [0, 0.1) is 0 Å². The summed E-state index contributed by atoms with van der Waals surface area (Å²) in [5.74, 6) is 1.45. The van der Waals surface area contributed by atoms with Crippen molar-refractivity contribution in [2.24, 2.45) is 0 Å². The topological polar surface area (TPSA) is 43.6 Å². The van der Waals surface area contributed by atoms with Gasteiger partial charge >= 0.3 is 0 Å². The predicted octanol–water partition coefficient (Wildman–Crippen LogP) is 10.8. The predicted molar refractivity (Wildman–Crippen MR) is 193 cm³/mol. The average molecular weight is 606 g/mol. The van der Waals surface area contributed by atoms with Crippen LogP contribution < -0.4 is 0 Å². The maximum absolute atomic E-state index is 8.79. The van der Waals surface area contributed by atoms with E-state index in [-0.39, 0.29) is 29.7 Å². The summed E-state index contributed by atoms with van der Waals surface area (Å²) < 4.78 is 44.7. The Hall–Kier alpha value is -6.39. The monoisotopic (exact) mass is 605 g/mol. The van der Waals surface area contributed by atoms with E-state index in [1.807, 2.05) is 84.9 Å². The molecule has 0 atom stereocenters. The van der Waals surface area contributed by atoms with Crippen LogP contribution in [0.15, 0.2) is 170 Å². The van der Waals surface area contributed by atoms with E-state index in [1.54, 1.807) is 6.07 Å². The zero-order valence-corrected chi connectivity index (χ0v) is 25.1. The lowest BCUT2D eigenvalue weighted by molar-refractivity contribution is 1.06. The van der Waals surface area contributed by atoms with Gasteiger partial charge in [0.05, 0.1) is 23.6 Å². The Labute approximate surface area is 279 Å². The van der Waals surface area contributed by atoms with Crippen LogP contribution in [0.1, 0.15) is 6.85 Å². The highest BCUT2D eigenvalue weighted by atomic mass is 15.1. The Kier molecular flexibility index (Phi) is 5.28. The molecule has 2 heterocycles. The van der Waals surface area contributed by atoms with Crippen molar-refractivity contribution < 1.29 is 6.85 Å². The molecule has 220 valence electrons. The van der Waals surface area contributed by atoms with Crippen LogP contribution in [-0.4, -0.2) is 19.5 Å². The molecule has 0 spiro atoms. The Balaban J connectivity index is 1.37. The van der Waals surface area contributed by atoms with Crippen LogP contribution in [0.25, 0.3) is 83.6 Å². The number of aromatic nitrogens is 4. The van der Waals surface area contributed by atoms with Crippen molar-refractivity contribution in [1.29, 1.82) is 0 Å². The SMILES string of the molecule is [2H]c1c([2H])c([2H])c(-c2ccc(-c3nc(-c4ccccc4)nc(-c4ccc5ccccc5c4)n3)c(-n3c4ccccc4c4ccccc43)c2)c([2H])c1[2H]. The van der Waals surface area contributed by atoms with Gasteiger partial charge in [0.2, 0.25) is 0 Å². The van der Waals surface area contributed by atoms with Gasteiger partial charge in [0, 0.05) is 27.5 Å². The molecule has 0 saturated carbocycles. The van der Waals surface area contributed by atoms with E-state index in [2.05, 4.69) is 53.1 Å². The largest absolute Gasteiger partial charge is 0.308 e. The summed E-state index contributed by atoms with van der Waals surface area (Å²) in [4.78, 5) is 15.2. The summed E-state index contributed by atoms with van der Waals surface area (Å²) in [6.45, 7) is 0. The molecule has 0 aliphatic heterocycles. The minimum absolute atomic E-state index is 0.122. The summed E-state index contributed by atoms with van der Waals surface area (Å²) in [7, 11) is 0. The van der Waals surface area contributed by atoms with E-state index in [0.717, 1.165) is 43.7 Å². The number of nitrogens with zero attached hydrogens (tertiary/aromatic N) is 4. The highest BCUT2D eigenvalue weighted by Gasteiger charge is 2.20. The van der Waals surface area contributed by atoms with Gasteiger partial charge in [0.25, 0.3) is 0 Å². The maximum Gasteiger partial charge on any atom is 0.166 e. The Morgan fingerprint density at radius 3 is 1.77 bits per heavy atom. The van der Waals surface area contributed by atoms with Gasteiger partial charge in [0.15, 0.2) is 17.5 Å². The molecule has 7 aromatic carbocycles. The van der Waals surface area contributed by atoms with E-state index in [9.17, 15) is 0 Å². The molecule has 0 radical (unpaired) electrons. The van der Waals surface area contributed by atoms with Gasteiger partial charge < -0.3 is 4.57 Å². The molecule has 9 aromatic rings. The molecule has 0 bridgehead atoms. The first-order chi connectivity index (χ1) is 25.4. The third kappa shape index (κ3) is 4.75. The van der Waals surface area contributed by atoms with Crippen LogP contribution in [0.2, 0.25) is 0 Å². The van der Waals surface area contributed by atoms with Crippen molar-refractivity contribution in [3.8, 4) is 51.0 Å². The maximum atomic E-state index is 8.79. The summed E-state index contributed by atoms with van der Waals surface area (Å²) in [5.41, 5.74) is 5.53. The second kappa shape index (κ2) is 11.2. The molecule has 0 aliphatic carbocycles. The average Bonchev–Trinajstić information content (AvgIpc) is 3.53. The Morgan fingerprint density at radius 1 is 0.426 bits per heavy atom.